The van der Waals surface area contributed by atoms with Crippen molar-refractivity contribution in [3.63, 3.8) is 0 Å². The molecule has 0 radical (unpaired) electrons. The summed E-state index contributed by atoms with van der Waals surface area (Å²) in [5, 5.41) is 4.19. The van der Waals surface area contributed by atoms with Crippen LogP contribution in [0.4, 0.5) is 0 Å². The number of nitrogens with two attached hydrogens (primary N) is 1. The van der Waals surface area contributed by atoms with Crippen LogP contribution in [0, 0.1) is 5.41 Å². The van der Waals surface area contributed by atoms with Gasteiger partial charge in [-0.05, 0) is 24.7 Å². The molecule has 0 aromatic carbocycles. The topological polar surface area (TPSA) is 64.9 Å². The lowest BCUT2D eigenvalue weighted by molar-refractivity contribution is 0.311. The second-order valence-corrected chi connectivity index (χ2v) is 7.46. The molecular weight excluding hydrogens is 250 g/mol. The number of hydrogen-bond donors (Lipinski definition) is 1. The van der Waals surface area contributed by atoms with Gasteiger partial charge in [-0.25, -0.2) is 0 Å². The molecule has 1 aliphatic carbocycles. The van der Waals surface area contributed by atoms with E-state index >= 15 is 0 Å². The van der Waals surface area contributed by atoms with Crippen LogP contribution < -0.4 is 5.73 Å². The summed E-state index contributed by atoms with van der Waals surface area (Å²) in [7, 11) is 0. The fraction of sp³-hybridized carbons (Fsp3) is 0.875. The quantitative estimate of drug-likeness (QED) is 0.851. The summed E-state index contributed by atoms with van der Waals surface area (Å²) >= 11 is 0. The first-order valence-corrected chi connectivity index (χ1v) is 8.02. The van der Waals surface area contributed by atoms with Gasteiger partial charge in [0, 0.05) is 18.4 Å². The summed E-state index contributed by atoms with van der Waals surface area (Å²) in [5.74, 6) is 2.11. The Labute approximate surface area is 122 Å². The number of hydrogen-bond acceptors (Lipinski definition) is 4. The first-order chi connectivity index (χ1) is 9.44. The number of nitrogens with zero attached hydrogens (tertiary/aromatic N) is 2. The fourth-order valence-electron chi connectivity index (χ4n) is 3.14. The zero-order valence-electron chi connectivity index (χ0n) is 13.2. The molecule has 0 aliphatic heterocycles. The summed E-state index contributed by atoms with van der Waals surface area (Å²) in [6, 6.07) is 0.0948. The molecule has 1 saturated carbocycles. The SMILES string of the molecule is CC(C)(C)CC(N)Cc1nc(C2CCCCCC2)no1. The molecule has 4 nitrogen and oxygen atoms in total. The van der Waals surface area contributed by atoms with E-state index in [1.54, 1.807) is 0 Å². The lowest BCUT2D eigenvalue weighted by Crippen LogP contribution is -2.28. The Morgan fingerprint density at radius 2 is 1.85 bits per heavy atom. The van der Waals surface area contributed by atoms with Crippen LogP contribution in [0.5, 0.6) is 0 Å². The third-order valence-electron chi connectivity index (χ3n) is 4.02. The molecule has 2 N–H and O–H groups in total. The highest BCUT2D eigenvalue weighted by Crippen LogP contribution is 2.30. The van der Waals surface area contributed by atoms with Gasteiger partial charge in [0.15, 0.2) is 5.82 Å². The van der Waals surface area contributed by atoms with Gasteiger partial charge in [0.05, 0.1) is 0 Å². The Balaban J connectivity index is 1.91. The summed E-state index contributed by atoms with van der Waals surface area (Å²) in [6.07, 6.45) is 9.33. The highest BCUT2D eigenvalue weighted by atomic mass is 16.5. The van der Waals surface area contributed by atoms with Crippen LogP contribution in [0.2, 0.25) is 0 Å². The molecule has 1 aromatic rings. The second kappa shape index (κ2) is 6.70. The van der Waals surface area contributed by atoms with Crippen LogP contribution in [0.1, 0.15) is 83.3 Å². The third-order valence-corrected chi connectivity index (χ3v) is 4.02. The lowest BCUT2D eigenvalue weighted by Gasteiger charge is -2.21. The molecule has 0 spiro atoms. The van der Waals surface area contributed by atoms with Crippen molar-refractivity contribution in [1.29, 1.82) is 0 Å². The summed E-state index contributed by atoms with van der Waals surface area (Å²) in [4.78, 5) is 4.59. The molecule has 0 amide bonds. The Hall–Kier alpha value is -0.900. The van der Waals surface area contributed by atoms with Crippen LogP contribution in [0.25, 0.3) is 0 Å². The molecule has 1 unspecified atom stereocenters. The van der Waals surface area contributed by atoms with E-state index in [1.807, 2.05) is 0 Å². The molecule has 2 rings (SSSR count). The van der Waals surface area contributed by atoms with E-state index in [0.29, 0.717) is 18.2 Å². The smallest absolute Gasteiger partial charge is 0.228 e. The molecule has 0 bridgehead atoms. The minimum atomic E-state index is 0.0948. The average Bonchev–Trinajstić information content (AvgIpc) is 2.61. The Kier molecular flexibility index (Phi) is 5.19. The average molecular weight is 279 g/mol. The monoisotopic (exact) mass is 279 g/mol. The molecule has 1 atom stereocenters. The van der Waals surface area contributed by atoms with Gasteiger partial charge in [0.1, 0.15) is 0 Å². The van der Waals surface area contributed by atoms with E-state index in [4.69, 9.17) is 10.3 Å². The van der Waals surface area contributed by atoms with Gasteiger partial charge in [-0.15, -0.1) is 0 Å². The zero-order chi connectivity index (χ0) is 14.6. The number of aromatic nitrogens is 2. The molecule has 114 valence electrons. The molecular formula is C16H29N3O. The molecule has 1 heterocycles. The minimum Gasteiger partial charge on any atom is -0.339 e. The van der Waals surface area contributed by atoms with Crippen LogP contribution >= 0.6 is 0 Å². The molecule has 1 fully saturated rings. The van der Waals surface area contributed by atoms with E-state index in [0.717, 1.165) is 12.2 Å². The highest BCUT2D eigenvalue weighted by Gasteiger charge is 2.22. The van der Waals surface area contributed by atoms with Gasteiger partial charge in [0.25, 0.3) is 0 Å². The van der Waals surface area contributed by atoms with Gasteiger partial charge < -0.3 is 10.3 Å². The van der Waals surface area contributed by atoms with Crippen LogP contribution in [-0.2, 0) is 6.42 Å². The molecule has 1 aromatic heterocycles. The van der Waals surface area contributed by atoms with Crippen molar-refractivity contribution in [2.75, 3.05) is 0 Å². The van der Waals surface area contributed by atoms with Gasteiger partial charge in [-0.2, -0.15) is 4.98 Å². The van der Waals surface area contributed by atoms with Gasteiger partial charge in [0.2, 0.25) is 5.89 Å². The van der Waals surface area contributed by atoms with Gasteiger partial charge in [-0.1, -0.05) is 51.6 Å². The Morgan fingerprint density at radius 1 is 1.20 bits per heavy atom. The van der Waals surface area contributed by atoms with Crippen molar-refractivity contribution in [2.45, 2.75) is 84.1 Å². The number of rotatable bonds is 4. The molecule has 20 heavy (non-hydrogen) atoms. The normalized spacial score (nSPS) is 19.8. The predicted octanol–water partition coefficient (Wildman–Crippen LogP) is 3.81. The maximum Gasteiger partial charge on any atom is 0.228 e. The van der Waals surface area contributed by atoms with Crippen LogP contribution in [-0.4, -0.2) is 16.2 Å². The first-order valence-electron chi connectivity index (χ1n) is 8.02. The highest BCUT2D eigenvalue weighted by molar-refractivity contribution is 4.97. The molecule has 1 aliphatic rings. The summed E-state index contributed by atoms with van der Waals surface area (Å²) < 4.78 is 5.40. The Bertz CT molecular complexity index is 400. The van der Waals surface area contributed by atoms with Crippen LogP contribution in [0.3, 0.4) is 0 Å². The van der Waals surface area contributed by atoms with Crippen molar-refractivity contribution in [3.05, 3.63) is 11.7 Å². The molecule has 0 saturated heterocycles. The van der Waals surface area contributed by atoms with Crippen molar-refractivity contribution in [1.82, 2.24) is 10.1 Å². The van der Waals surface area contributed by atoms with E-state index in [1.165, 1.54) is 38.5 Å². The fourth-order valence-corrected chi connectivity index (χ4v) is 3.14. The van der Waals surface area contributed by atoms with E-state index in [-0.39, 0.29) is 11.5 Å². The minimum absolute atomic E-state index is 0.0948. The van der Waals surface area contributed by atoms with E-state index < -0.39 is 0 Å². The van der Waals surface area contributed by atoms with Crippen molar-refractivity contribution in [3.8, 4) is 0 Å². The zero-order valence-corrected chi connectivity index (χ0v) is 13.2. The maximum atomic E-state index is 6.18. The predicted molar refractivity (Wildman–Crippen MR) is 80.5 cm³/mol. The first kappa shape index (κ1) is 15.5. The second-order valence-electron chi connectivity index (χ2n) is 7.46. The van der Waals surface area contributed by atoms with E-state index in [2.05, 4.69) is 30.9 Å². The third kappa shape index (κ3) is 4.89. The van der Waals surface area contributed by atoms with Crippen molar-refractivity contribution < 1.29 is 4.52 Å². The lowest BCUT2D eigenvalue weighted by atomic mass is 9.87. The Morgan fingerprint density at radius 3 is 2.45 bits per heavy atom. The van der Waals surface area contributed by atoms with Crippen molar-refractivity contribution >= 4 is 0 Å². The van der Waals surface area contributed by atoms with E-state index in [9.17, 15) is 0 Å². The standard InChI is InChI=1S/C16H29N3O/c1-16(2,3)11-13(17)10-14-18-15(19-20-14)12-8-6-4-5-7-9-12/h12-13H,4-11,17H2,1-3H3. The summed E-state index contributed by atoms with van der Waals surface area (Å²) in [6.45, 7) is 6.62. The van der Waals surface area contributed by atoms with Crippen molar-refractivity contribution in [2.24, 2.45) is 11.1 Å². The summed E-state index contributed by atoms with van der Waals surface area (Å²) in [5.41, 5.74) is 6.42. The molecule has 4 heteroatoms. The largest absolute Gasteiger partial charge is 0.339 e. The maximum absolute atomic E-state index is 6.18. The van der Waals surface area contributed by atoms with Crippen LogP contribution in [0.15, 0.2) is 4.52 Å². The van der Waals surface area contributed by atoms with Gasteiger partial charge >= 0.3 is 0 Å². The van der Waals surface area contributed by atoms with Gasteiger partial charge in [-0.3, -0.25) is 0 Å².